The zero-order chi connectivity index (χ0) is 16.0. The summed E-state index contributed by atoms with van der Waals surface area (Å²) >= 11 is 0. The van der Waals surface area contributed by atoms with Gasteiger partial charge in [0.1, 0.15) is 5.75 Å². The average molecular weight is 293 g/mol. The number of nitrogens with zero attached hydrogens (tertiary/aromatic N) is 2. The fourth-order valence-electron chi connectivity index (χ4n) is 3.09. The van der Waals surface area contributed by atoms with Crippen LogP contribution in [0.25, 0.3) is 0 Å². The van der Waals surface area contributed by atoms with Crippen molar-refractivity contribution in [3.63, 3.8) is 0 Å². The summed E-state index contributed by atoms with van der Waals surface area (Å²) in [5.74, 6) is 0.912. The van der Waals surface area contributed by atoms with E-state index in [0.717, 1.165) is 18.8 Å². The van der Waals surface area contributed by atoms with Gasteiger partial charge in [-0.15, -0.1) is 0 Å². The minimum Gasteiger partial charge on any atom is -0.496 e. The van der Waals surface area contributed by atoms with Crippen LogP contribution in [0, 0.1) is 0 Å². The highest BCUT2D eigenvalue weighted by Crippen LogP contribution is 2.32. The summed E-state index contributed by atoms with van der Waals surface area (Å²) in [7, 11) is 5.93. The molecule has 0 aliphatic rings. The van der Waals surface area contributed by atoms with Gasteiger partial charge in [0.2, 0.25) is 0 Å². The van der Waals surface area contributed by atoms with Gasteiger partial charge in [-0.3, -0.25) is 4.90 Å². The van der Waals surface area contributed by atoms with Crippen molar-refractivity contribution < 1.29 is 4.74 Å². The molecule has 0 saturated carbocycles. The van der Waals surface area contributed by atoms with Crippen LogP contribution in [0.2, 0.25) is 0 Å². The number of methoxy groups -OCH3 is 1. The Morgan fingerprint density at radius 1 is 1.19 bits per heavy atom. The summed E-state index contributed by atoms with van der Waals surface area (Å²) in [5.41, 5.74) is 7.50. The van der Waals surface area contributed by atoms with Crippen molar-refractivity contribution in [2.24, 2.45) is 5.73 Å². The summed E-state index contributed by atoms with van der Waals surface area (Å²) < 4.78 is 5.54. The Morgan fingerprint density at radius 3 is 2.29 bits per heavy atom. The molecule has 4 heteroatoms. The summed E-state index contributed by atoms with van der Waals surface area (Å²) in [6, 6.07) is 8.79. The van der Waals surface area contributed by atoms with Crippen LogP contribution in [-0.4, -0.2) is 56.2 Å². The average Bonchev–Trinajstić information content (AvgIpc) is 2.43. The molecule has 2 N–H and O–H groups in total. The minimum absolute atomic E-state index is 0.0332. The molecule has 21 heavy (non-hydrogen) atoms. The maximum absolute atomic E-state index is 6.33. The Balaban J connectivity index is 3.14. The molecule has 0 bridgehead atoms. The van der Waals surface area contributed by atoms with Crippen LogP contribution in [0.1, 0.15) is 32.4 Å². The van der Waals surface area contributed by atoms with Gasteiger partial charge in [0.05, 0.1) is 13.2 Å². The Bertz CT molecular complexity index is 420. The van der Waals surface area contributed by atoms with Crippen LogP contribution in [0.4, 0.5) is 0 Å². The maximum atomic E-state index is 6.33. The number of hydrogen-bond acceptors (Lipinski definition) is 4. The maximum Gasteiger partial charge on any atom is 0.123 e. The molecule has 0 heterocycles. The van der Waals surface area contributed by atoms with E-state index in [1.807, 2.05) is 12.1 Å². The van der Waals surface area contributed by atoms with E-state index in [1.54, 1.807) is 7.11 Å². The fourth-order valence-corrected chi connectivity index (χ4v) is 3.09. The van der Waals surface area contributed by atoms with Gasteiger partial charge in [-0.1, -0.05) is 25.1 Å². The van der Waals surface area contributed by atoms with Crippen molar-refractivity contribution >= 4 is 0 Å². The molecule has 1 aromatic carbocycles. The van der Waals surface area contributed by atoms with Gasteiger partial charge in [-0.25, -0.2) is 0 Å². The number of benzene rings is 1. The number of likely N-dealkylation sites (N-methyl/N-ethyl adjacent to an activating group) is 2. The van der Waals surface area contributed by atoms with Gasteiger partial charge in [0, 0.05) is 24.2 Å². The van der Waals surface area contributed by atoms with Crippen LogP contribution in [0.3, 0.4) is 0 Å². The zero-order valence-electron chi connectivity index (χ0n) is 14.3. The van der Waals surface area contributed by atoms with E-state index >= 15 is 0 Å². The van der Waals surface area contributed by atoms with Gasteiger partial charge < -0.3 is 15.4 Å². The predicted molar refractivity (Wildman–Crippen MR) is 89.8 cm³/mol. The normalized spacial score (nSPS) is 16.0. The van der Waals surface area contributed by atoms with Gasteiger partial charge in [0.15, 0.2) is 0 Å². The highest BCUT2D eigenvalue weighted by Gasteiger charge is 2.29. The lowest BCUT2D eigenvalue weighted by Crippen LogP contribution is -2.47. The SMILES string of the molecule is CCN(C(C)CN(C)C)C(c1ccccc1OC)C(C)N. The van der Waals surface area contributed by atoms with Crippen molar-refractivity contribution in [1.29, 1.82) is 0 Å². The number of hydrogen-bond donors (Lipinski definition) is 1. The van der Waals surface area contributed by atoms with Crippen LogP contribution in [0.5, 0.6) is 5.75 Å². The summed E-state index contributed by atoms with van der Waals surface area (Å²) in [4.78, 5) is 4.68. The molecule has 0 spiro atoms. The lowest BCUT2D eigenvalue weighted by Gasteiger charge is -2.39. The summed E-state index contributed by atoms with van der Waals surface area (Å²) in [5, 5.41) is 0. The van der Waals surface area contributed by atoms with Crippen LogP contribution in [-0.2, 0) is 0 Å². The van der Waals surface area contributed by atoms with E-state index in [2.05, 4.69) is 56.8 Å². The van der Waals surface area contributed by atoms with Crippen LogP contribution < -0.4 is 10.5 Å². The molecular formula is C17H31N3O. The van der Waals surface area contributed by atoms with Gasteiger partial charge in [-0.05, 0) is 40.6 Å². The number of nitrogens with two attached hydrogens (primary N) is 1. The molecule has 0 amide bonds. The first-order valence-electron chi connectivity index (χ1n) is 7.71. The Kier molecular flexibility index (Phi) is 7.15. The second kappa shape index (κ2) is 8.37. The van der Waals surface area contributed by atoms with E-state index in [0.29, 0.717) is 6.04 Å². The molecule has 3 atom stereocenters. The first-order valence-corrected chi connectivity index (χ1v) is 7.71. The summed E-state index contributed by atoms with van der Waals surface area (Å²) in [6.45, 7) is 8.48. The highest BCUT2D eigenvalue weighted by molar-refractivity contribution is 5.36. The third-order valence-electron chi connectivity index (χ3n) is 3.87. The van der Waals surface area contributed by atoms with Crippen molar-refractivity contribution in [1.82, 2.24) is 9.80 Å². The molecule has 0 radical (unpaired) electrons. The van der Waals surface area contributed by atoms with Crippen molar-refractivity contribution in [3.05, 3.63) is 29.8 Å². The molecular weight excluding hydrogens is 262 g/mol. The van der Waals surface area contributed by atoms with Gasteiger partial charge >= 0.3 is 0 Å². The molecule has 0 aliphatic heterocycles. The molecule has 3 unspecified atom stereocenters. The molecule has 1 aromatic rings. The number of ether oxygens (including phenoxy) is 1. The second-order valence-electron chi connectivity index (χ2n) is 5.99. The Hall–Kier alpha value is -1.10. The van der Waals surface area contributed by atoms with Crippen molar-refractivity contribution in [2.75, 3.05) is 34.3 Å². The van der Waals surface area contributed by atoms with Gasteiger partial charge in [-0.2, -0.15) is 0 Å². The van der Waals surface area contributed by atoms with Crippen LogP contribution in [0.15, 0.2) is 24.3 Å². The van der Waals surface area contributed by atoms with Crippen molar-refractivity contribution in [3.8, 4) is 5.75 Å². The largest absolute Gasteiger partial charge is 0.496 e. The Morgan fingerprint density at radius 2 is 1.81 bits per heavy atom. The van der Waals surface area contributed by atoms with Crippen molar-refractivity contribution in [2.45, 2.75) is 38.9 Å². The molecule has 0 saturated heterocycles. The van der Waals surface area contributed by atoms with E-state index < -0.39 is 0 Å². The van der Waals surface area contributed by atoms with E-state index in [1.165, 1.54) is 5.56 Å². The number of rotatable bonds is 8. The molecule has 0 aliphatic carbocycles. The quantitative estimate of drug-likeness (QED) is 0.799. The third-order valence-corrected chi connectivity index (χ3v) is 3.87. The first-order chi connectivity index (χ1) is 9.92. The summed E-state index contributed by atoms with van der Waals surface area (Å²) in [6.07, 6.45) is 0. The van der Waals surface area contributed by atoms with E-state index in [4.69, 9.17) is 10.5 Å². The molecule has 4 nitrogen and oxygen atoms in total. The molecule has 1 rings (SSSR count). The van der Waals surface area contributed by atoms with Crippen LogP contribution >= 0.6 is 0 Å². The fraction of sp³-hybridized carbons (Fsp3) is 0.647. The van der Waals surface area contributed by atoms with E-state index in [9.17, 15) is 0 Å². The monoisotopic (exact) mass is 293 g/mol. The smallest absolute Gasteiger partial charge is 0.123 e. The Labute approximate surface area is 129 Å². The minimum atomic E-state index is 0.0332. The standard InChI is InChI=1S/C17H31N3O/c1-7-20(13(2)12-19(4)5)17(14(3)18)15-10-8-9-11-16(15)21-6/h8-11,13-14,17H,7,12,18H2,1-6H3. The molecule has 0 fully saturated rings. The first kappa shape index (κ1) is 18.0. The zero-order valence-corrected chi connectivity index (χ0v) is 14.3. The van der Waals surface area contributed by atoms with E-state index in [-0.39, 0.29) is 12.1 Å². The lowest BCUT2D eigenvalue weighted by atomic mass is 9.96. The molecule has 0 aromatic heterocycles. The number of para-hydroxylation sites is 1. The topological polar surface area (TPSA) is 41.7 Å². The van der Waals surface area contributed by atoms with Gasteiger partial charge in [0.25, 0.3) is 0 Å². The predicted octanol–water partition coefficient (Wildman–Crippen LogP) is 2.36. The lowest BCUT2D eigenvalue weighted by molar-refractivity contribution is 0.112. The highest BCUT2D eigenvalue weighted by atomic mass is 16.5. The third kappa shape index (κ3) is 4.70. The second-order valence-corrected chi connectivity index (χ2v) is 5.99. The molecule has 120 valence electrons.